The van der Waals surface area contributed by atoms with Gasteiger partial charge in [-0.05, 0) is 62.2 Å². The number of nitrogens with one attached hydrogen (secondary N) is 1. The third-order valence-electron chi connectivity index (χ3n) is 6.45. The molecule has 0 radical (unpaired) electrons. The summed E-state index contributed by atoms with van der Waals surface area (Å²) in [6, 6.07) is 13.6. The minimum absolute atomic E-state index is 0.0440. The number of rotatable bonds is 7. The van der Waals surface area contributed by atoms with Crippen molar-refractivity contribution < 1.29 is 22.5 Å². The van der Waals surface area contributed by atoms with Gasteiger partial charge in [0.2, 0.25) is 0 Å². The molecule has 0 aliphatic carbocycles. The van der Waals surface area contributed by atoms with Gasteiger partial charge in [0.05, 0.1) is 50.9 Å². The zero-order chi connectivity index (χ0) is 28.4. The standard InChI is InChI=1S/C28H28F2N6O3S/c1-17-15-36(16-18(2)39-17)26-6-4-5-22(35-26)23-8-7-19-13-32-20(11-24(19)34-23)14-33-27(37)25-12-21(9-10-31-25)40(3,38)28(29)30/h4-13,17-18,28H,3,14-16H2,1-2H3,(H,33,37)/t17-,18+,40-/m1/s1. The number of pyridine rings is 4. The Hall–Kier alpha value is -4.03. The predicted molar refractivity (Wildman–Crippen MR) is 150 cm³/mol. The van der Waals surface area contributed by atoms with Gasteiger partial charge >= 0.3 is 5.76 Å². The van der Waals surface area contributed by atoms with Crippen LogP contribution in [0.1, 0.15) is 30.0 Å². The second-order valence-corrected chi connectivity index (χ2v) is 11.9. The molecule has 12 heteroatoms. The lowest BCUT2D eigenvalue weighted by Crippen LogP contribution is -2.45. The lowest BCUT2D eigenvalue weighted by atomic mass is 10.1. The number of hydrogen-bond donors (Lipinski definition) is 1. The fourth-order valence-electron chi connectivity index (χ4n) is 4.52. The number of carbonyl (C=O) groups excluding carboxylic acids is 1. The fraction of sp³-hybridized carbons (Fsp3) is 0.286. The fourth-order valence-corrected chi connectivity index (χ4v) is 5.33. The molecule has 4 aromatic heterocycles. The second-order valence-electron chi connectivity index (χ2n) is 9.65. The highest BCUT2D eigenvalue weighted by Crippen LogP contribution is 2.24. The van der Waals surface area contributed by atoms with Gasteiger partial charge in [-0.25, -0.2) is 9.97 Å². The maximum Gasteiger partial charge on any atom is 0.308 e. The molecule has 1 amide bonds. The van der Waals surface area contributed by atoms with Gasteiger partial charge in [0.1, 0.15) is 11.5 Å². The number of amides is 1. The monoisotopic (exact) mass is 566 g/mol. The van der Waals surface area contributed by atoms with Crippen LogP contribution in [0.25, 0.3) is 22.3 Å². The number of morpholine rings is 1. The van der Waals surface area contributed by atoms with E-state index in [9.17, 15) is 17.8 Å². The summed E-state index contributed by atoms with van der Waals surface area (Å²) in [5.74, 6) is 0.197. The van der Waals surface area contributed by atoms with E-state index in [1.807, 2.05) is 44.2 Å². The Morgan fingerprint density at radius 3 is 2.60 bits per heavy atom. The van der Waals surface area contributed by atoms with Crippen molar-refractivity contribution >= 4 is 38.0 Å². The summed E-state index contributed by atoms with van der Waals surface area (Å²) >= 11 is 0. The molecule has 0 aromatic carbocycles. The van der Waals surface area contributed by atoms with Crippen LogP contribution >= 0.6 is 0 Å². The van der Waals surface area contributed by atoms with Crippen molar-refractivity contribution in [2.24, 2.45) is 0 Å². The Bertz CT molecular complexity index is 1660. The van der Waals surface area contributed by atoms with Gasteiger partial charge in [0, 0.05) is 35.8 Å². The molecule has 4 aromatic rings. The van der Waals surface area contributed by atoms with E-state index in [-0.39, 0.29) is 29.3 Å². The molecule has 40 heavy (non-hydrogen) atoms. The minimum Gasteiger partial charge on any atom is -0.372 e. The third kappa shape index (κ3) is 5.92. The van der Waals surface area contributed by atoms with Gasteiger partial charge in [0.25, 0.3) is 5.91 Å². The van der Waals surface area contributed by atoms with Gasteiger partial charge in [0.15, 0.2) is 0 Å². The highest BCUT2D eigenvalue weighted by atomic mass is 32.2. The minimum atomic E-state index is -3.85. The third-order valence-corrected chi connectivity index (χ3v) is 8.08. The number of halogens is 2. The van der Waals surface area contributed by atoms with E-state index in [0.717, 1.165) is 42.3 Å². The Labute approximate surface area is 230 Å². The molecule has 1 saturated heterocycles. The van der Waals surface area contributed by atoms with E-state index in [2.05, 4.69) is 26.1 Å². The molecule has 0 bridgehead atoms. The van der Waals surface area contributed by atoms with E-state index in [1.54, 1.807) is 12.3 Å². The molecule has 0 spiro atoms. The van der Waals surface area contributed by atoms with Crippen LogP contribution in [0.3, 0.4) is 0 Å². The van der Waals surface area contributed by atoms with Crippen molar-refractivity contribution in [2.45, 2.75) is 43.3 Å². The summed E-state index contributed by atoms with van der Waals surface area (Å²) in [5.41, 5.74) is 2.49. The van der Waals surface area contributed by atoms with Crippen molar-refractivity contribution in [3.63, 3.8) is 0 Å². The average Bonchev–Trinajstić information content (AvgIpc) is 2.95. The molecule has 3 atom stereocenters. The van der Waals surface area contributed by atoms with E-state index in [0.29, 0.717) is 16.9 Å². The molecular weight excluding hydrogens is 538 g/mol. The first-order valence-electron chi connectivity index (χ1n) is 12.6. The van der Waals surface area contributed by atoms with Crippen molar-refractivity contribution in [3.8, 4) is 11.4 Å². The van der Waals surface area contributed by atoms with E-state index in [4.69, 9.17) is 14.7 Å². The van der Waals surface area contributed by atoms with Crippen LogP contribution in [0, 0.1) is 0 Å². The lowest BCUT2D eigenvalue weighted by molar-refractivity contribution is -0.00545. The molecule has 9 nitrogen and oxygen atoms in total. The van der Waals surface area contributed by atoms with E-state index >= 15 is 0 Å². The van der Waals surface area contributed by atoms with Crippen LogP contribution in [0.5, 0.6) is 0 Å². The molecular formula is C28H28F2N6O3S. The summed E-state index contributed by atoms with van der Waals surface area (Å²) in [5, 5.41) is 3.48. The number of carbonyl (C=O) groups is 1. The molecule has 208 valence electrons. The van der Waals surface area contributed by atoms with Crippen molar-refractivity contribution in [3.05, 3.63) is 72.3 Å². The van der Waals surface area contributed by atoms with Gasteiger partial charge in [-0.1, -0.05) is 6.07 Å². The van der Waals surface area contributed by atoms with Gasteiger partial charge < -0.3 is 15.0 Å². The van der Waals surface area contributed by atoms with Crippen LogP contribution in [-0.2, 0) is 20.8 Å². The molecule has 1 N–H and O–H groups in total. The van der Waals surface area contributed by atoms with E-state index < -0.39 is 21.2 Å². The second kappa shape index (κ2) is 11.2. The van der Waals surface area contributed by atoms with Crippen LogP contribution in [-0.4, -0.2) is 67.0 Å². The Kier molecular flexibility index (Phi) is 7.72. The number of anilines is 1. The summed E-state index contributed by atoms with van der Waals surface area (Å²) < 4.78 is 44.2. The molecule has 5 heterocycles. The first-order valence-corrected chi connectivity index (χ1v) is 14.4. The highest BCUT2D eigenvalue weighted by Gasteiger charge is 2.24. The van der Waals surface area contributed by atoms with Crippen molar-refractivity contribution in [1.82, 2.24) is 25.3 Å². The molecule has 0 saturated carbocycles. The molecule has 0 unspecified atom stereocenters. The number of alkyl halides is 2. The van der Waals surface area contributed by atoms with Crippen LogP contribution in [0.15, 0.2) is 65.8 Å². The quantitative estimate of drug-likeness (QED) is 0.335. The normalized spacial score (nSPS) is 19.0. The maximum atomic E-state index is 13.1. The topological polar surface area (TPSA) is 110 Å². The first-order chi connectivity index (χ1) is 19.1. The summed E-state index contributed by atoms with van der Waals surface area (Å²) in [4.78, 5) is 32.5. The molecule has 1 aliphatic rings. The molecule has 5 rings (SSSR count). The van der Waals surface area contributed by atoms with Crippen molar-refractivity contribution in [1.29, 1.82) is 0 Å². The molecule has 1 fully saturated rings. The number of nitrogens with zero attached hydrogens (tertiary/aromatic N) is 5. The lowest BCUT2D eigenvalue weighted by Gasteiger charge is -2.36. The van der Waals surface area contributed by atoms with Crippen LogP contribution in [0.2, 0.25) is 0 Å². The van der Waals surface area contributed by atoms with Gasteiger partial charge in [-0.2, -0.15) is 8.78 Å². The Morgan fingerprint density at radius 2 is 1.85 bits per heavy atom. The smallest absolute Gasteiger partial charge is 0.308 e. The summed E-state index contributed by atoms with van der Waals surface area (Å²) in [7, 11) is -3.85. The van der Waals surface area contributed by atoms with Gasteiger partial charge in [-0.15, -0.1) is 0 Å². The Morgan fingerprint density at radius 1 is 1.10 bits per heavy atom. The number of hydrogen-bond acceptors (Lipinski definition) is 8. The highest BCUT2D eigenvalue weighted by molar-refractivity contribution is 8.00. The van der Waals surface area contributed by atoms with Crippen molar-refractivity contribution in [2.75, 3.05) is 18.0 Å². The largest absolute Gasteiger partial charge is 0.372 e. The molecule has 1 aliphatic heterocycles. The van der Waals surface area contributed by atoms with Crippen LogP contribution < -0.4 is 10.2 Å². The zero-order valence-corrected chi connectivity index (χ0v) is 22.8. The number of fused-ring (bicyclic) bond motifs is 1. The zero-order valence-electron chi connectivity index (χ0n) is 22.0. The Balaban J connectivity index is 1.33. The summed E-state index contributed by atoms with van der Waals surface area (Å²) in [6.07, 6.45) is 3.04. The SMILES string of the molecule is C=[S@@](=O)(c1ccnc(C(=O)NCc2cc3nc(-c4cccc(N5C[C@@H](C)O[C@@H](C)C5)n4)ccc3cn2)c1)C(F)F. The van der Waals surface area contributed by atoms with Gasteiger partial charge in [-0.3, -0.25) is 19.0 Å². The van der Waals surface area contributed by atoms with E-state index in [1.165, 1.54) is 6.07 Å². The summed E-state index contributed by atoms with van der Waals surface area (Å²) in [6.45, 7) is 5.66. The maximum absolute atomic E-state index is 13.1. The predicted octanol–water partition coefficient (Wildman–Crippen LogP) is 3.93. The first kappa shape index (κ1) is 27.5. The number of aromatic nitrogens is 4. The van der Waals surface area contributed by atoms with Crippen LogP contribution in [0.4, 0.5) is 14.6 Å². The number of ether oxygens (including phenoxy) is 1. The average molecular weight is 567 g/mol.